The van der Waals surface area contributed by atoms with E-state index < -0.39 is 23.7 Å². The number of halogens is 1. The summed E-state index contributed by atoms with van der Waals surface area (Å²) in [6, 6.07) is 14.0. The highest BCUT2D eigenvalue weighted by atomic mass is 19.1. The number of benzene rings is 2. The summed E-state index contributed by atoms with van der Waals surface area (Å²) >= 11 is 0. The third-order valence-corrected chi connectivity index (χ3v) is 5.35. The van der Waals surface area contributed by atoms with Crippen LogP contribution in [0.2, 0.25) is 0 Å². The Morgan fingerprint density at radius 3 is 2.59 bits per heavy atom. The second kappa shape index (κ2) is 10.8. The normalized spacial score (nSPS) is 19.2. The van der Waals surface area contributed by atoms with E-state index in [0.29, 0.717) is 25.0 Å². The van der Waals surface area contributed by atoms with Crippen molar-refractivity contribution in [3.63, 3.8) is 0 Å². The minimum Gasteiger partial charge on any atom is -0.486 e. The molecule has 0 radical (unpaired) electrons. The van der Waals surface area contributed by atoms with E-state index in [2.05, 4.69) is 5.32 Å². The van der Waals surface area contributed by atoms with Crippen molar-refractivity contribution < 1.29 is 28.1 Å². The number of hydrogen-bond acceptors (Lipinski definition) is 5. The average Bonchev–Trinajstić information content (AvgIpc) is 3.13. The summed E-state index contributed by atoms with van der Waals surface area (Å²) in [7, 11) is 0. The number of nitrogens with one attached hydrogen (secondary N) is 1. The molecule has 0 spiro atoms. The van der Waals surface area contributed by atoms with E-state index in [1.807, 2.05) is 58.0 Å². The molecule has 3 rings (SSSR count). The zero-order chi connectivity index (χ0) is 23.1. The molecular weight excluding hydrogens is 413 g/mol. The van der Waals surface area contributed by atoms with Gasteiger partial charge < -0.3 is 24.3 Å². The van der Waals surface area contributed by atoms with Crippen molar-refractivity contribution in [2.75, 3.05) is 6.61 Å². The van der Waals surface area contributed by atoms with Crippen LogP contribution in [0.3, 0.4) is 0 Å². The number of ether oxygens (including phenoxy) is 4. The van der Waals surface area contributed by atoms with Gasteiger partial charge in [-0.2, -0.15) is 0 Å². The first-order chi connectivity index (χ1) is 15.3. The molecule has 0 aliphatic carbocycles. The highest BCUT2D eigenvalue weighted by Crippen LogP contribution is 2.27. The van der Waals surface area contributed by atoms with Crippen molar-refractivity contribution in [3.8, 4) is 5.75 Å². The van der Waals surface area contributed by atoms with Gasteiger partial charge in [0.15, 0.2) is 17.4 Å². The Hall–Kier alpha value is -2.64. The maximum Gasteiger partial charge on any atom is 0.407 e. The van der Waals surface area contributed by atoms with Crippen molar-refractivity contribution in [2.24, 2.45) is 0 Å². The molecule has 0 aromatic heterocycles. The van der Waals surface area contributed by atoms with E-state index in [4.69, 9.17) is 18.9 Å². The first-order valence-electron chi connectivity index (χ1n) is 11.0. The fraction of sp³-hybridized carbons (Fsp3) is 0.480. The zero-order valence-corrected chi connectivity index (χ0v) is 19.1. The smallest absolute Gasteiger partial charge is 0.407 e. The number of carbonyl (C=O) groups excluding carboxylic acids is 1. The van der Waals surface area contributed by atoms with E-state index in [-0.39, 0.29) is 24.6 Å². The zero-order valence-electron chi connectivity index (χ0n) is 19.1. The Bertz CT molecular complexity index is 889. The Balaban J connectivity index is 1.67. The molecule has 1 saturated heterocycles. The van der Waals surface area contributed by atoms with Gasteiger partial charge in [-0.3, -0.25) is 0 Å². The summed E-state index contributed by atoms with van der Waals surface area (Å²) in [6.45, 7) is 8.01. The van der Waals surface area contributed by atoms with Crippen LogP contribution in [0.5, 0.6) is 5.75 Å². The lowest BCUT2D eigenvalue weighted by Gasteiger charge is -2.26. The van der Waals surface area contributed by atoms with Crippen molar-refractivity contribution >= 4 is 6.09 Å². The van der Waals surface area contributed by atoms with Crippen molar-refractivity contribution in [3.05, 3.63) is 65.5 Å². The van der Waals surface area contributed by atoms with Gasteiger partial charge in [-0.15, -0.1) is 0 Å². The summed E-state index contributed by atoms with van der Waals surface area (Å²) in [5, 5.41) is 2.87. The highest BCUT2D eigenvalue weighted by Gasteiger charge is 2.38. The summed E-state index contributed by atoms with van der Waals surface area (Å²) in [4.78, 5) is 12.3. The van der Waals surface area contributed by atoms with Crippen LogP contribution in [0.15, 0.2) is 48.5 Å². The number of amides is 1. The first kappa shape index (κ1) is 24.0. The molecule has 1 unspecified atom stereocenters. The molecule has 1 heterocycles. The fourth-order valence-electron chi connectivity index (χ4n) is 3.42. The molecule has 0 saturated carbocycles. The van der Waals surface area contributed by atoms with Gasteiger partial charge in [0.1, 0.15) is 18.8 Å². The SMILES string of the molecule is CCC(C)OC(=O)N[C@@H](Cc1ccc(OCc2ccccc2)c(F)c1)[C@H]1COC(C)(C)O1. The molecule has 174 valence electrons. The lowest BCUT2D eigenvalue weighted by molar-refractivity contribution is -0.141. The topological polar surface area (TPSA) is 66.0 Å². The van der Waals surface area contributed by atoms with Gasteiger partial charge in [-0.25, -0.2) is 9.18 Å². The largest absolute Gasteiger partial charge is 0.486 e. The van der Waals surface area contributed by atoms with Gasteiger partial charge in [0, 0.05) is 0 Å². The van der Waals surface area contributed by atoms with Gasteiger partial charge in [0.05, 0.1) is 12.6 Å². The molecule has 7 heteroatoms. The molecule has 3 atom stereocenters. The van der Waals surface area contributed by atoms with Crippen molar-refractivity contribution in [1.82, 2.24) is 5.32 Å². The van der Waals surface area contributed by atoms with Crippen LogP contribution in [0, 0.1) is 5.82 Å². The van der Waals surface area contributed by atoms with E-state index in [1.54, 1.807) is 12.1 Å². The molecule has 0 bridgehead atoms. The molecule has 1 amide bonds. The predicted octanol–water partition coefficient (Wildman–Crippen LogP) is 4.99. The standard InChI is InChI=1S/C25H32FNO5/c1-5-17(2)31-24(28)27-21(23-16-30-25(3,4)32-23)14-19-11-12-22(20(26)13-19)29-15-18-9-7-6-8-10-18/h6-13,17,21,23H,5,14-16H2,1-4H3,(H,27,28)/t17?,21-,23+/m0/s1. The summed E-state index contributed by atoms with van der Waals surface area (Å²) in [6.07, 6.45) is -0.0433. The van der Waals surface area contributed by atoms with Crippen LogP contribution in [0.4, 0.5) is 9.18 Å². The molecule has 1 aliphatic rings. The number of rotatable bonds is 9. The lowest BCUT2D eigenvalue weighted by Crippen LogP contribution is -2.47. The van der Waals surface area contributed by atoms with Gasteiger partial charge in [0.25, 0.3) is 0 Å². The maximum absolute atomic E-state index is 14.7. The lowest BCUT2D eigenvalue weighted by atomic mass is 10.0. The van der Waals surface area contributed by atoms with Crippen LogP contribution in [0.25, 0.3) is 0 Å². The molecular formula is C25H32FNO5. The number of alkyl carbamates (subject to hydrolysis) is 1. The third kappa shape index (κ3) is 6.93. The molecule has 2 aromatic carbocycles. The van der Waals surface area contributed by atoms with Crippen LogP contribution < -0.4 is 10.1 Å². The first-order valence-corrected chi connectivity index (χ1v) is 11.0. The minimum atomic E-state index is -0.744. The monoisotopic (exact) mass is 445 g/mol. The minimum absolute atomic E-state index is 0.180. The van der Waals surface area contributed by atoms with E-state index >= 15 is 0 Å². The average molecular weight is 446 g/mol. The maximum atomic E-state index is 14.7. The van der Waals surface area contributed by atoms with E-state index in [1.165, 1.54) is 6.07 Å². The summed E-state index contributed by atoms with van der Waals surface area (Å²) < 4.78 is 37.3. The molecule has 1 aliphatic heterocycles. The van der Waals surface area contributed by atoms with Crippen LogP contribution >= 0.6 is 0 Å². The van der Waals surface area contributed by atoms with Crippen LogP contribution in [-0.4, -0.2) is 36.7 Å². The van der Waals surface area contributed by atoms with Gasteiger partial charge >= 0.3 is 6.09 Å². The molecule has 6 nitrogen and oxygen atoms in total. The van der Waals surface area contributed by atoms with Crippen molar-refractivity contribution in [1.29, 1.82) is 0 Å². The third-order valence-electron chi connectivity index (χ3n) is 5.35. The van der Waals surface area contributed by atoms with Crippen molar-refractivity contribution in [2.45, 2.75) is 71.2 Å². The molecule has 2 aromatic rings. The van der Waals surface area contributed by atoms with Crippen LogP contribution in [0.1, 0.15) is 45.2 Å². The Morgan fingerprint density at radius 2 is 1.97 bits per heavy atom. The van der Waals surface area contributed by atoms with E-state index in [0.717, 1.165) is 5.56 Å². The van der Waals surface area contributed by atoms with Gasteiger partial charge in [-0.05, 0) is 56.9 Å². The Labute approximate surface area is 189 Å². The van der Waals surface area contributed by atoms with E-state index in [9.17, 15) is 9.18 Å². The Kier molecular flexibility index (Phi) is 8.10. The van der Waals surface area contributed by atoms with Crippen LogP contribution in [-0.2, 0) is 27.2 Å². The van der Waals surface area contributed by atoms with Gasteiger partial charge in [0.2, 0.25) is 0 Å². The summed E-state index contributed by atoms with van der Waals surface area (Å²) in [5.41, 5.74) is 1.66. The molecule has 32 heavy (non-hydrogen) atoms. The fourth-order valence-corrected chi connectivity index (χ4v) is 3.42. The Morgan fingerprint density at radius 1 is 1.22 bits per heavy atom. The highest BCUT2D eigenvalue weighted by molar-refractivity contribution is 5.68. The molecule has 1 N–H and O–H groups in total. The van der Waals surface area contributed by atoms with Gasteiger partial charge in [-0.1, -0.05) is 43.3 Å². The summed E-state index contributed by atoms with van der Waals surface area (Å²) in [5.74, 6) is -1.02. The molecule has 1 fully saturated rings. The number of carbonyl (C=O) groups is 1. The quantitative estimate of drug-likeness (QED) is 0.589. The second-order valence-corrected chi connectivity index (χ2v) is 8.49. The number of hydrogen-bond donors (Lipinski definition) is 1. The predicted molar refractivity (Wildman–Crippen MR) is 119 cm³/mol. The second-order valence-electron chi connectivity index (χ2n) is 8.49.